The molecule has 1 amide bonds. The number of aliphatic hydroxyl groups excluding tert-OH is 3. The first-order chi connectivity index (χ1) is 8.48. The Bertz CT molecular complexity index is 432. The molecule has 0 aromatic carbocycles. The smallest absolute Gasteiger partial charge is 0.255 e. The maximum absolute atomic E-state index is 12.9. The first-order valence-corrected chi connectivity index (χ1v) is 5.32. The average molecular weight is 279 g/mol. The fraction of sp³-hybridized carbons (Fsp3) is 0.400. The lowest BCUT2D eigenvalue weighted by Crippen LogP contribution is -2.57. The predicted octanol–water partition coefficient (Wildman–Crippen LogP) is -0.680. The molecular formula is C10H12ClFN2O4. The number of carbonyl (C=O) groups is 1. The van der Waals surface area contributed by atoms with E-state index < -0.39 is 37.1 Å². The molecule has 0 aliphatic rings. The van der Waals surface area contributed by atoms with Crippen molar-refractivity contribution in [2.45, 2.75) is 5.54 Å². The maximum atomic E-state index is 12.9. The van der Waals surface area contributed by atoms with Crippen LogP contribution < -0.4 is 5.32 Å². The topological polar surface area (TPSA) is 103 Å². The molecule has 0 atom stereocenters. The van der Waals surface area contributed by atoms with Gasteiger partial charge in [0.2, 0.25) is 0 Å². The lowest BCUT2D eigenvalue weighted by molar-refractivity contribution is 0.0375. The van der Waals surface area contributed by atoms with Crippen LogP contribution in [0.2, 0.25) is 5.15 Å². The van der Waals surface area contributed by atoms with Gasteiger partial charge < -0.3 is 20.6 Å². The molecule has 0 aliphatic heterocycles. The highest BCUT2D eigenvalue weighted by Crippen LogP contribution is 2.15. The van der Waals surface area contributed by atoms with Crippen molar-refractivity contribution in [1.29, 1.82) is 0 Å². The van der Waals surface area contributed by atoms with E-state index in [0.717, 1.165) is 12.3 Å². The number of nitrogens with zero attached hydrogens (tertiary/aromatic N) is 1. The molecule has 1 aromatic heterocycles. The van der Waals surface area contributed by atoms with Crippen LogP contribution in [0, 0.1) is 5.82 Å². The molecule has 100 valence electrons. The first kappa shape index (κ1) is 14.8. The Morgan fingerprint density at radius 3 is 2.44 bits per heavy atom. The Hall–Kier alpha value is -1.28. The van der Waals surface area contributed by atoms with E-state index in [4.69, 9.17) is 26.9 Å². The number of pyridine rings is 1. The molecule has 1 heterocycles. The molecule has 1 rings (SSSR count). The lowest BCUT2D eigenvalue weighted by atomic mass is 10.0. The predicted molar refractivity (Wildman–Crippen MR) is 60.7 cm³/mol. The highest BCUT2D eigenvalue weighted by Gasteiger charge is 2.31. The van der Waals surface area contributed by atoms with Crippen LogP contribution >= 0.6 is 11.6 Å². The third kappa shape index (κ3) is 3.14. The van der Waals surface area contributed by atoms with Crippen molar-refractivity contribution in [1.82, 2.24) is 10.3 Å². The maximum Gasteiger partial charge on any atom is 0.255 e. The van der Waals surface area contributed by atoms with Gasteiger partial charge in [0.15, 0.2) is 0 Å². The highest BCUT2D eigenvalue weighted by molar-refractivity contribution is 6.32. The average Bonchev–Trinajstić information content (AvgIpc) is 2.38. The lowest BCUT2D eigenvalue weighted by Gasteiger charge is -2.28. The van der Waals surface area contributed by atoms with Gasteiger partial charge in [0.1, 0.15) is 16.5 Å². The summed E-state index contributed by atoms with van der Waals surface area (Å²) in [7, 11) is 0. The number of nitrogens with one attached hydrogen (secondary N) is 1. The van der Waals surface area contributed by atoms with Crippen LogP contribution in [0.5, 0.6) is 0 Å². The van der Waals surface area contributed by atoms with Crippen molar-refractivity contribution in [2.24, 2.45) is 0 Å². The van der Waals surface area contributed by atoms with Crippen LogP contribution in [0.3, 0.4) is 0 Å². The van der Waals surface area contributed by atoms with Gasteiger partial charge in [-0.15, -0.1) is 0 Å². The zero-order chi connectivity index (χ0) is 13.8. The molecule has 0 radical (unpaired) electrons. The number of hydrogen-bond donors (Lipinski definition) is 4. The molecule has 6 nitrogen and oxygen atoms in total. The molecule has 18 heavy (non-hydrogen) atoms. The van der Waals surface area contributed by atoms with E-state index in [1.165, 1.54) is 0 Å². The van der Waals surface area contributed by atoms with E-state index >= 15 is 0 Å². The van der Waals surface area contributed by atoms with Crippen LogP contribution in [-0.4, -0.2) is 51.6 Å². The fourth-order valence-electron chi connectivity index (χ4n) is 1.16. The largest absolute Gasteiger partial charge is 0.394 e. The third-order valence-corrected chi connectivity index (χ3v) is 2.64. The van der Waals surface area contributed by atoms with E-state index in [2.05, 4.69) is 10.3 Å². The Kier molecular flexibility index (Phi) is 4.97. The number of amides is 1. The fourth-order valence-corrected chi connectivity index (χ4v) is 1.35. The van der Waals surface area contributed by atoms with E-state index in [1.807, 2.05) is 0 Å². The molecule has 4 N–H and O–H groups in total. The summed E-state index contributed by atoms with van der Waals surface area (Å²) in [6, 6.07) is 0.863. The number of aliphatic hydroxyl groups is 3. The Balaban J connectivity index is 2.97. The zero-order valence-corrected chi connectivity index (χ0v) is 9.98. The van der Waals surface area contributed by atoms with Crippen LogP contribution in [0.1, 0.15) is 10.4 Å². The van der Waals surface area contributed by atoms with Crippen LogP contribution in [-0.2, 0) is 0 Å². The summed E-state index contributed by atoms with van der Waals surface area (Å²) in [5.74, 6) is -1.61. The van der Waals surface area contributed by atoms with Gasteiger partial charge in [0.25, 0.3) is 5.91 Å². The minimum Gasteiger partial charge on any atom is -0.394 e. The van der Waals surface area contributed by atoms with E-state index in [9.17, 15) is 9.18 Å². The summed E-state index contributed by atoms with van der Waals surface area (Å²) in [6.07, 6.45) is 0.844. The number of hydrogen-bond acceptors (Lipinski definition) is 5. The summed E-state index contributed by atoms with van der Waals surface area (Å²) in [6.45, 7) is -2.07. The minimum atomic E-state index is -1.60. The van der Waals surface area contributed by atoms with Gasteiger partial charge in [-0.25, -0.2) is 9.37 Å². The monoisotopic (exact) mass is 278 g/mol. The number of halogens is 2. The molecule has 1 aromatic rings. The van der Waals surface area contributed by atoms with Crippen molar-refractivity contribution in [3.05, 3.63) is 28.8 Å². The second-order valence-electron chi connectivity index (χ2n) is 3.70. The Morgan fingerprint density at radius 2 is 1.94 bits per heavy atom. The van der Waals surface area contributed by atoms with Gasteiger partial charge in [-0.05, 0) is 6.07 Å². The normalized spacial score (nSPS) is 11.4. The summed E-state index contributed by atoms with van der Waals surface area (Å²) in [4.78, 5) is 15.2. The van der Waals surface area contributed by atoms with Gasteiger partial charge in [0, 0.05) is 0 Å². The summed E-state index contributed by atoms with van der Waals surface area (Å²) in [5.41, 5.74) is -1.86. The van der Waals surface area contributed by atoms with Crippen LogP contribution in [0.4, 0.5) is 4.39 Å². The summed E-state index contributed by atoms with van der Waals surface area (Å²) >= 11 is 5.62. The van der Waals surface area contributed by atoms with Crippen molar-refractivity contribution < 1.29 is 24.5 Å². The zero-order valence-electron chi connectivity index (χ0n) is 9.23. The second kappa shape index (κ2) is 6.05. The molecule has 0 bridgehead atoms. The van der Waals surface area contributed by atoms with Gasteiger partial charge in [-0.2, -0.15) is 0 Å². The van der Waals surface area contributed by atoms with E-state index in [0.29, 0.717) is 0 Å². The van der Waals surface area contributed by atoms with Gasteiger partial charge >= 0.3 is 0 Å². The van der Waals surface area contributed by atoms with Crippen molar-refractivity contribution >= 4 is 17.5 Å². The van der Waals surface area contributed by atoms with Gasteiger partial charge in [0.05, 0.1) is 31.6 Å². The molecule has 0 fully saturated rings. The molecule has 8 heteroatoms. The number of carbonyl (C=O) groups excluding carboxylic acids is 1. The Labute approximate surface area is 107 Å². The molecule has 0 saturated heterocycles. The standard InChI is InChI=1S/C10H12ClFN2O4/c11-8-7(1-6(12)2-13-8)9(18)14-10(3-15,4-16)5-17/h1-2,15-17H,3-5H2,(H,14,18). The third-order valence-electron chi connectivity index (χ3n) is 2.34. The highest BCUT2D eigenvalue weighted by atomic mass is 35.5. The quantitative estimate of drug-likeness (QED) is 0.535. The van der Waals surface area contributed by atoms with Gasteiger partial charge in [-0.1, -0.05) is 11.6 Å². The van der Waals surface area contributed by atoms with Crippen molar-refractivity contribution in [2.75, 3.05) is 19.8 Å². The van der Waals surface area contributed by atoms with Crippen molar-refractivity contribution in [3.63, 3.8) is 0 Å². The first-order valence-electron chi connectivity index (χ1n) is 4.94. The second-order valence-corrected chi connectivity index (χ2v) is 4.06. The molecular weight excluding hydrogens is 267 g/mol. The molecule has 0 spiro atoms. The molecule has 0 unspecified atom stereocenters. The van der Waals surface area contributed by atoms with Crippen LogP contribution in [0.25, 0.3) is 0 Å². The van der Waals surface area contributed by atoms with E-state index in [-0.39, 0.29) is 10.7 Å². The van der Waals surface area contributed by atoms with Crippen LogP contribution in [0.15, 0.2) is 12.3 Å². The number of aromatic nitrogens is 1. The Morgan fingerprint density at radius 1 is 1.39 bits per heavy atom. The van der Waals surface area contributed by atoms with Gasteiger partial charge in [-0.3, -0.25) is 4.79 Å². The number of rotatable bonds is 5. The summed E-state index contributed by atoms with van der Waals surface area (Å²) < 4.78 is 12.9. The molecule has 0 aliphatic carbocycles. The summed E-state index contributed by atoms with van der Waals surface area (Å²) in [5, 5.41) is 29.1. The molecule has 0 saturated carbocycles. The van der Waals surface area contributed by atoms with E-state index in [1.54, 1.807) is 0 Å². The van der Waals surface area contributed by atoms with Crippen molar-refractivity contribution in [3.8, 4) is 0 Å². The SMILES string of the molecule is O=C(NC(CO)(CO)CO)c1cc(F)cnc1Cl. The minimum absolute atomic E-state index is 0.225.